The van der Waals surface area contributed by atoms with Gasteiger partial charge in [-0.3, -0.25) is 5.32 Å². The van der Waals surface area contributed by atoms with Crippen LogP contribution in [0.25, 0.3) is 11.3 Å². The largest absolute Gasteiger partial charge is 0.481 e. The van der Waals surface area contributed by atoms with Crippen molar-refractivity contribution in [3.63, 3.8) is 0 Å². The zero-order chi connectivity index (χ0) is 20.2. The van der Waals surface area contributed by atoms with Crippen LogP contribution < -0.4 is 15.4 Å². The minimum atomic E-state index is -0.458. The normalized spacial score (nSPS) is 18.4. The number of hydrogen-bond donors (Lipinski definition) is 2. The minimum Gasteiger partial charge on any atom is -0.481 e. The van der Waals surface area contributed by atoms with Crippen LogP contribution in [0.5, 0.6) is 5.88 Å². The average molecular weight is 398 g/mol. The Morgan fingerprint density at radius 3 is 2.90 bits per heavy atom. The molecule has 3 aromatic rings. The lowest BCUT2D eigenvalue weighted by Gasteiger charge is -2.20. The number of methoxy groups -OCH3 is 1. The van der Waals surface area contributed by atoms with Gasteiger partial charge in [0.15, 0.2) is 11.6 Å². The van der Waals surface area contributed by atoms with Crippen LogP contribution in [0, 0.1) is 5.82 Å². The van der Waals surface area contributed by atoms with Crippen molar-refractivity contribution >= 4 is 11.8 Å². The summed E-state index contributed by atoms with van der Waals surface area (Å²) in [6, 6.07) is 10.5. The van der Waals surface area contributed by atoms with E-state index in [1.54, 1.807) is 37.6 Å². The van der Waals surface area contributed by atoms with Crippen LogP contribution in [0.3, 0.4) is 0 Å². The number of carbonyl (C=O) groups excluding carboxylic acids is 1. The van der Waals surface area contributed by atoms with Gasteiger partial charge in [0, 0.05) is 30.5 Å². The lowest BCUT2D eigenvalue weighted by atomic mass is 10.0. The average Bonchev–Trinajstić information content (AvgIpc) is 3.38. The number of anilines is 1. The second kappa shape index (κ2) is 8.27. The smallest absolute Gasteiger partial charge is 0.320 e. The third-order valence-electron chi connectivity index (χ3n) is 4.60. The van der Waals surface area contributed by atoms with Gasteiger partial charge in [-0.1, -0.05) is 17.3 Å². The van der Waals surface area contributed by atoms with Crippen LogP contribution in [-0.4, -0.2) is 35.9 Å². The maximum atomic E-state index is 13.9. The zero-order valence-corrected chi connectivity index (χ0v) is 15.6. The Morgan fingerprint density at radius 1 is 1.28 bits per heavy atom. The number of ether oxygens (including phenoxy) is 2. The van der Waals surface area contributed by atoms with Gasteiger partial charge in [0.1, 0.15) is 11.9 Å². The number of amides is 2. The zero-order valence-electron chi connectivity index (χ0n) is 15.6. The molecule has 29 heavy (non-hydrogen) atoms. The first-order chi connectivity index (χ1) is 14.1. The number of benzene rings is 1. The molecule has 150 valence electrons. The van der Waals surface area contributed by atoms with E-state index in [9.17, 15) is 9.18 Å². The number of rotatable bonds is 5. The van der Waals surface area contributed by atoms with Crippen molar-refractivity contribution in [2.45, 2.75) is 18.6 Å². The summed E-state index contributed by atoms with van der Waals surface area (Å²) in [5.41, 5.74) is 1.11. The third-order valence-corrected chi connectivity index (χ3v) is 4.60. The van der Waals surface area contributed by atoms with E-state index in [1.165, 1.54) is 12.1 Å². The number of halogens is 1. The highest BCUT2D eigenvalue weighted by Gasteiger charge is 2.31. The van der Waals surface area contributed by atoms with Gasteiger partial charge in [-0.2, -0.15) is 0 Å². The van der Waals surface area contributed by atoms with Gasteiger partial charge in [-0.05, 0) is 24.6 Å². The molecule has 1 fully saturated rings. The predicted molar refractivity (Wildman–Crippen MR) is 102 cm³/mol. The van der Waals surface area contributed by atoms with E-state index in [4.69, 9.17) is 14.0 Å². The minimum absolute atomic E-state index is 0.183. The molecule has 0 spiro atoms. The fraction of sp³-hybridized carbons (Fsp3) is 0.250. The van der Waals surface area contributed by atoms with Crippen LogP contribution >= 0.6 is 0 Å². The first-order valence-electron chi connectivity index (χ1n) is 9.04. The lowest BCUT2D eigenvalue weighted by Crippen LogP contribution is -2.39. The summed E-state index contributed by atoms with van der Waals surface area (Å²) in [4.78, 5) is 16.6. The number of carbonyl (C=O) groups is 1. The van der Waals surface area contributed by atoms with Crippen LogP contribution in [-0.2, 0) is 4.74 Å². The summed E-state index contributed by atoms with van der Waals surface area (Å²) in [7, 11) is 1.55. The Labute approximate surface area is 166 Å². The Balaban J connectivity index is 1.39. The van der Waals surface area contributed by atoms with Crippen LogP contribution in [0.4, 0.5) is 15.0 Å². The highest BCUT2D eigenvalue weighted by Crippen LogP contribution is 2.30. The van der Waals surface area contributed by atoms with Crippen molar-refractivity contribution in [2.75, 3.05) is 19.0 Å². The van der Waals surface area contributed by atoms with Crippen molar-refractivity contribution in [2.24, 2.45) is 0 Å². The number of nitrogens with one attached hydrogen (secondary N) is 2. The van der Waals surface area contributed by atoms with Crippen molar-refractivity contribution in [1.82, 2.24) is 15.5 Å². The van der Waals surface area contributed by atoms with E-state index in [2.05, 4.69) is 20.8 Å². The summed E-state index contributed by atoms with van der Waals surface area (Å²) in [6.07, 6.45) is 2.01. The Kier molecular flexibility index (Phi) is 5.39. The topological polar surface area (TPSA) is 98.5 Å². The molecular formula is C20H19FN4O4. The number of urea groups is 1. The summed E-state index contributed by atoms with van der Waals surface area (Å²) in [6.45, 7) is 0.517. The molecule has 0 unspecified atom stereocenters. The monoisotopic (exact) mass is 398 g/mol. The van der Waals surface area contributed by atoms with Gasteiger partial charge in [0.05, 0.1) is 18.7 Å². The molecule has 4 rings (SSSR count). The van der Waals surface area contributed by atoms with Gasteiger partial charge in [-0.15, -0.1) is 0 Å². The van der Waals surface area contributed by atoms with Gasteiger partial charge in [0.25, 0.3) is 0 Å². The number of pyridine rings is 1. The molecule has 1 aliphatic rings. The van der Waals surface area contributed by atoms with Crippen molar-refractivity contribution in [1.29, 1.82) is 0 Å². The Bertz CT molecular complexity index is 992. The van der Waals surface area contributed by atoms with E-state index in [0.29, 0.717) is 18.9 Å². The van der Waals surface area contributed by atoms with E-state index in [-0.39, 0.29) is 29.3 Å². The summed E-state index contributed by atoms with van der Waals surface area (Å²) >= 11 is 0. The van der Waals surface area contributed by atoms with Crippen LogP contribution in [0.2, 0.25) is 0 Å². The van der Waals surface area contributed by atoms with Gasteiger partial charge in [-0.25, -0.2) is 14.2 Å². The van der Waals surface area contributed by atoms with Gasteiger partial charge in [0.2, 0.25) is 5.88 Å². The summed E-state index contributed by atoms with van der Waals surface area (Å²) < 4.78 is 29.8. The molecule has 3 heterocycles. The van der Waals surface area contributed by atoms with Crippen molar-refractivity contribution < 1.29 is 23.2 Å². The second-order valence-electron chi connectivity index (χ2n) is 6.48. The second-order valence-corrected chi connectivity index (χ2v) is 6.48. The quantitative estimate of drug-likeness (QED) is 0.682. The molecule has 2 amide bonds. The Morgan fingerprint density at radius 2 is 2.14 bits per heavy atom. The molecular weight excluding hydrogens is 379 g/mol. The maximum Gasteiger partial charge on any atom is 0.320 e. The van der Waals surface area contributed by atoms with Crippen molar-refractivity contribution in [3.8, 4) is 17.2 Å². The van der Waals surface area contributed by atoms with E-state index >= 15 is 0 Å². The Hall–Kier alpha value is -3.46. The van der Waals surface area contributed by atoms with Gasteiger partial charge >= 0.3 is 6.03 Å². The lowest BCUT2D eigenvalue weighted by molar-refractivity contribution is 0.100. The van der Waals surface area contributed by atoms with E-state index in [0.717, 1.165) is 5.56 Å². The number of nitrogens with zero attached hydrogens (tertiary/aromatic N) is 2. The maximum absolute atomic E-state index is 13.9. The standard InChI is InChI=1S/C20H19FN4O4/c1-27-18-7-6-12(11-22-18)19-15(8-9-28-19)23-20(26)24-17-10-16(29-25-17)13-4-2-3-5-14(13)21/h2-7,10-11,15,19H,8-9H2,1H3,(H2,23,24,25,26)/t15-,19+/m1/s1. The predicted octanol–water partition coefficient (Wildman–Crippen LogP) is 3.54. The third kappa shape index (κ3) is 4.19. The molecule has 0 aliphatic carbocycles. The van der Waals surface area contributed by atoms with Crippen LogP contribution in [0.1, 0.15) is 18.1 Å². The molecule has 9 heteroatoms. The molecule has 1 aromatic carbocycles. The summed E-state index contributed by atoms with van der Waals surface area (Å²) in [5.74, 6) is 0.483. The molecule has 0 bridgehead atoms. The first kappa shape index (κ1) is 18.9. The molecule has 2 atom stereocenters. The fourth-order valence-electron chi connectivity index (χ4n) is 3.19. The van der Waals surface area contributed by atoms with Crippen LogP contribution in [0.15, 0.2) is 53.2 Å². The molecule has 0 saturated carbocycles. The summed E-state index contributed by atoms with van der Waals surface area (Å²) in [5, 5.41) is 9.25. The molecule has 8 nitrogen and oxygen atoms in total. The highest BCUT2D eigenvalue weighted by molar-refractivity contribution is 5.89. The molecule has 0 radical (unpaired) electrons. The first-order valence-corrected chi connectivity index (χ1v) is 9.04. The van der Waals surface area contributed by atoms with E-state index in [1.807, 2.05) is 6.07 Å². The molecule has 2 N–H and O–H groups in total. The fourth-order valence-corrected chi connectivity index (χ4v) is 3.19. The highest BCUT2D eigenvalue weighted by atomic mass is 19.1. The molecule has 1 saturated heterocycles. The molecule has 1 aliphatic heterocycles. The van der Waals surface area contributed by atoms with E-state index < -0.39 is 11.8 Å². The number of aromatic nitrogens is 2. The SMILES string of the molecule is COc1ccc([C@@H]2OCC[C@H]2NC(=O)Nc2cc(-c3ccccc3F)on2)cn1. The number of hydrogen-bond acceptors (Lipinski definition) is 6. The van der Waals surface area contributed by atoms with Gasteiger partial charge < -0.3 is 19.3 Å². The molecule has 2 aromatic heterocycles. The van der Waals surface area contributed by atoms with Crippen molar-refractivity contribution in [3.05, 3.63) is 60.0 Å².